The molecule has 0 unspecified atom stereocenters. The highest BCUT2D eigenvalue weighted by atomic mass is 15.1. The first kappa shape index (κ1) is 24.2. The molecule has 0 bridgehead atoms. The summed E-state index contributed by atoms with van der Waals surface area (Å²) in [6.45, 7) is 0. The van der Waals surface area contributed by atoms with Crippen LogP contribution in [0.4, 0.5) is 17.1 Å². The van der Waals surface area contributed by atoms with E-state index < -0.39 is 0 Å². The van der Waals surface area contributed by atoms with Gasteiger partial charge >= 0.3 is 0 Å². The molecule has 2 heteroatoms. The molecule has 0 aliphatic carbocycles. The van der Waals surface area contributed by atoms with Crippen LogP contribution in [0.3, 0.4) is 0 Å². The van der Waals surface area contributed by atoms with Gasteiger partial charge in [-0.25, -0.2) is 0 Å². The second-order valence-corrected chi connectivity index (χ2v) is 10.6. The van der Waals surface area contributed by atoms with Crippen LogP contribution in [-0.4, -0.2) is 4.57 Å². The molecule has 0 atom stereocenters. The minimum absolute atomic E-state index is 1.13. The van der Waals surface area contributed by atoms with Gasteiger partial charge in [0.25, 0.3) is 0 Å². The van der Waals surface area contributed by atoms with Gasteiger partial charge < -0.3 is 9.47 Å². The van der Waals surface area contributed by atoms with Crippen molar-refractivity contribution in [3.05, 3.63) is 170 Å². The Morgan fingerprint density at radius 2 is 1.02 bits per heavy atom. The van der Waals surface area contributed by atoms with Crippen LogP contribution >= 0.6 is 0 Å². The minimum Gasteiger partial charge on any atom is -0.309 e. The summed E-state index contributed by atoms with van der Waals surface area (Å²) in [4.78, 5) is 2.40. The van der Waals surface area contributed by atoms with Gasteiger partial charge in [-0.05, 0) is 59.5 Å². The van der Waals surface area contributed by atoms with Crippen LogP contribution in [0.15, 0.2) is 170 Å². The Hall–Kier alpha value is -5.60. The maximum atomic E-state index is 2.40. The molecule has 1 aromatic heterocycles. The van der Waals surface area contributed by atoms with Crippen molar-refractivity contribution in [2.75, 3.05) is 4.90 Å². The zero-order chi connectivity index (χ0) is 27.9. The van der Waals surface area contributed by atoms with Gasteiger partial charge in [0.15, 0.2) is 0 Å². The first-order valence-corrected chi connectivity index (χ1v) is 14.4. The number of aromatic nitrogens is 1. The van der Waals surface area contributed by atoms with Crippen molar-refractivity contribution in [3.63, 3.8) is 0 Å². The lowest BCUT2D eigenvalue weighted by Crippen LogP contribution is -2.11. The summed E-state index contributed by atoms with van der Waals surface area (Å²) in [5.74, 6) is 0. The van der Waals surface area contributed by atoms with Gasteiger partial charge in [0.1, 0.15) is 0 Å². The average molecular weight is 537 g/mol. The second kappa shape index (κ2) is 10.1. The third-order valence-corrected chi connectivity index (χ3v) is 8.17. The van der Waals surface area contributed by atoms with Gasteiger partial charge in [-0.2, -0.15) is 0 Å². The third kappa shape index (κ3) is 3.96. The molecule has 0 N–H and O–H groups in total. The molecule has 0 fully saturated rings. The Morgan fingerprint density at radius 3 is 1.88 bits per heavy atom. The van der Waals surface area contributed by atoms with Crippen molar-refractivity contribution in [3.8, 4) is 16.8 Å². The minimum atomic E-state index is 1.13. The Kier molecular flexibility index (Phi) is 5.82. The molecule has 0 saturated heterocycles. The summed E-state index contributed by atoms with van der Waals surface area (Å²) in [5, 5.41) is 4.96. The van der Waals surface area contributed by atoms with Crippen LogP contribution in [0.1, 0.15) is 0 Å². The molecular weight excluding hydrogens is 508 g/mol. The maximum absolute atomic E-state index is 2.40. The van der Waals surface area contributed by atoms with Gasteiger partial charge in [-0.15, -0.1) is 0 Å². The highest BCUT2D eigenvalue weighted by molar-refractivity contribution is 6.10. The van der Waals surface area contributed by atoms with E-state index in [1.54, 1.807) is 0 Å². The normalized spacial score (nSPS) is 11.3. The molecule has 7 aromatic carbocycles. The molecule has 42 heavy (non-hydrogen) atoms. The fraction of sp³-hybridized carbons (Fsp3) is 0. The number of fused-ring (bicyclic) bond motifs is 4. The zero-order valence-corrected chi connectivity index (χ0v) is 23.1. The largest absolute Gasteiger partial charge is 0.309 e. The van der Waals surface area contributed by atoms with Crippen LogP contribution in [0, 0.1) is 0 Å². The number of para-hydroxylation sites is 4. The van der Waals surface area contributed by atoms with Gasteiger partial charge in [-0.1, -0.05) is 121 Å². The lowest BCUT2D eigenvalue weighted by molar-refractivity contribution is 1.18. The Labute approximate surface area is 245 Å². The number of anilines is 3. The maximum Gasteiger partial charge on any atom is 0.0547 e. The number of rotatable bonds is 5. The van der Waals surface area contributed by atoms with Gasteiger partial charge in [0.05, 0.1) is 22.4 Å². The quantitative estimate of drug-likeness (QED) is 0.212. The molecule has 0 saturated carbocycles. The molecule has 2 nitrogen and oxygen atoms in total. The Morgan fingerprint density at radius 1 is 0.405 bits per heavy atom. The standard InChI is InChI=1S/C40H28N2/c1-3-16-31(17-4-1)41(38-25-13-15-29-14-7-8-20-33(29)38)37-23-11-9-21-34(37)30-26-27-36-35-22-10-12-24-39(35)42(40(36)28-30)32-18-5-2-6-19-32/h1-28H. The molecular formula is C40H28N2. The van der Waals surface area contributed by atoms with Gasteiger partial charge in [-0.3, -0.25) is 0 Å². The lowest BCUT2D eigenvalue weighted by Gasteiger charge is -2.29. The molecule has 1 heterocycles. The van der Waals surface area contributed by atoms with Crippen molar-refractivity contribution in [1.29, 1.82) is 0 Å². The summed E-state index contributed by atoms with van der Waals surface area (Å²) in [6.07, 6.45) is 0. The van der Waals surface area contributed by atoms with Crippen LogP contribution in [0.25, 0.3) is 49.4 Å². The average Bonchev–Trinajstić information content (AvgIpc) is 3.40. The second-order valence-electron chi connectivity index (χ2n) is 10.6. The third-order valence-electron chi connectivity index (χ3n) is 8.17. The van der Waals surface area contributed by atoms with Crippen molar-refractivity contribution in [2.24, 2.45) is 0 Å². The summed E-state index contributed by atoms with van der Waals surface area (Å²) >= 11 is 0. The van der Waals surface area contributed by atoms with Crippen LogP contribution in [0.5, 0.6) is 0 Å². The summed E-state index contributed by atoms with van der Waals surface area (Å²) < 4.78 is 2.39. The van der Waals surface area contributed by atoms with Crippen LogP contribution in [0.2, 0.25) is 0 Å². The predicted molar refractivity (Wildman–Crippen MR) is 178 cm³/mol. The first-order chi connectivity index (χ1) is 20.9. The molecule has 0 amide bonds. The summed E-state index contributed by atoms with van der Waals surface area (Å²) in [6, 6.07) is 60.9. The molecule has 198 valence electrons. The number of nitrogens with zero attached hydrogens (tertiary/aromatic N) is 2. The van der Waals surface area contributed by atoms with Gasteiger partial charge in [0.2, 0.25) is 0 Å². The number of benzene rings is 7. The Balaban J connectivity index is 1.39. The van der Waals surface area contributed by atoms with Crippen molar-refractivity contribution >= 4 is 49.6 Å². The zero-order valence-electron chi connectivity index (χ0n) is 23.1. The molecule has 0 radical (unpaired) electrons. The van der Waals surface area contributed by atoms with E-state index in [0.717, 1.165) is 22.7 Å². The highest BCUT2D eigenvalue weighted by Gasteiger charge is 2.20. The molecule has 8 aromatic rings. The Bertz CT molecular complexity index is 2190. The molecule has 0 spiro atoms. The fourth-order valence-corrected chi connectivity index (χ4v) is 6.29. The molecule has 8 rings (SSSR count). The van der Waals surface area contributed by atoms with E-state index >= 15 is 0 Å². The van der Waals surface area contributed by atoms with E-state index in [4.69, 9.17) is 0 Å². The monoisotopic (exact) mass is 536 g/mol. The van der Waals surface area contributed by atoms with Crippen LogP contribution in [-0.2, 0) is 0 Å². The highest BCUT2D eigenvalue weighted by Crippen LogP contribution is 2.44. The van der Waals surface area contributed by atoms with E-state index in [1.165, 1.54) is 43.7 Å². The van der Waals surface area contributed by atoms with E-state index in [2.05, 4.69) is 179 Å². The molecule has 0 aliphatic heterocycles. The predicted octanol–water partition coefficient (Wildman–Crippen LogP) is 11.1. The van der Waals surface area contributed by atoms with E-state index in [0.29, 0.717) is 0 Å². The van der Waals surface area contributed by atoms with E-state index in [9.17, 15) is 0 Å². The number of hydrogen-bond acceptors (Lipinski definition) is 1. The topological polar surface area (TPSA) is 8.17 Å². The lowest BCUT2D eigenvalue weighted by atomic mass is 9.99. The molecule has 0 aliphatic rings. The fourth-order valence-electron chi connectivity index (χ4n) is 6.29. The van der Waals surface area contributed by atoms with Crippen LogP contribution < -0.4 is 4.90 Å². The van der Waals surface area contributed by atoms with Crippen molar-refractivity contribution in [1.82, 2.24) is 4.57 Å². The van der Waals surface area contributed by atoms with E-state index in [-0.39, 0.29) is 0 Å². The van der Waals surface area contributed by atoms with E-state index in [1.807, 2.05) is 0 Å². The van der Waals surface area contributed by atoms with Crippen molar-refractivity contribution in [2.45, 2.75) is 0 Å². The summed E-state index contributed by atoms with van der Waals surface area (Å²) in [5.41, 5.74) is 9.36. The summed E-state index contributed by atoms with van der Waals surface area (Å²) in [7, 11) is 0. The first-order valence-electron chi connectivity index (χ1n) is 14.4. The smallest absolute Gasteiger partial charge is 0.0547 e. The SMILES string of the molecule is c1ccc(N(c2ccccc2-c2ccc3c4ccccc4n(-c4ccccc4)c3c2)c2cccc3ccccc23)cc1. The number of hydrogen-bond donors (Lipinski definition) is 0. The van der Waals surface area contributed by atoms with Crippen molar-refractivity contribution < 1.29 is 0 Å². The van der Waals surface area contributed by atoms with Gasteiger partial charge in [0, 0.05) is 33.1 Å².